The van der Waals surface area contributed by atoms with Gasteiger partial charge in [-0.15, -0.1) is 0 Å². The molecule has 4 rings (SSSR count). The highest BCUT2D eigenvalue weighted by molar-refractivity contribution is 9.10. The lowest BCUT2D eigenvalue weighted by atomic mass is 9.97. The number of hydrogen-bond acceptors (Lipinski definition) is 4. The van der Waals surface area contributed by atoms with E-state index in [9.17, 15) is 4.39 Å². The first kappa shape index (κ1) is 16.6. The molecule has 4 aromatic rings. The third-order valence-electron chi connectivity index (χ3n) is 4.25. The summed E-state index contributed by atoms with van der Waals surface area (Å²) in [5.74, 6) is 0.0350. The lowest BCUT2D eigenvalue weighted by Crippen LogP contribution is -1.98. The predicted octanol–water partition coefficient (Wildman–Crippen LogP) is 5.15. The van der Waals surface area contributed by atoms with Gasteiger partial charge in [0.15, 0.2) is 0 Å². The van der Waals surface area contributed by atoms with Gasteiger partial charge < -0.3 is 5.73 Å². The maximum Gasteiger partial charge on any atom is 0.138 e. The van der Waals surface area contributed by atoms with Crippen LogP contribution in [-0.2, 0) is 0 Å². The molecule has 0 unspecified atom stereocenters. The van der Waals surface area contributed by atoms with Gasteiger partial charge in [-0.3, -0.25) is 0 Å². The molecular formula is C20H14BrFN4. The molecule has 0 aliphatic heterocycles. The number of nitrogen functional groups attached to an aromatic ring is 1. The molecule has 0 fully saturated rings. The van der Waals surface area contributed by atoms with Crippen LogP contribution in [-0.4, -0.2) is 15.0 Å². The second kappa shape index (κ2) is 6.46. The second-order valence-electron chi connectivity index (χ2n) is 5.95. The topological polar surface area (TPSA) is 64.7 Å². The van der Waals surface area contributed by atoms with Gasteiger partial charge in [0.2, 0.25) is 0 Å². The number of benzene rings is 2. The van der Waals surface area contributed by atoms with E-state index >= 15 is 0 Å². The Balaban J connectivity index is 1.99. The van der Waals surface area contributed by atoms with Crippen LogP contribution in [0.3, 0.4) is 0 Å². The third-order valence-corrected chi connectivity index (χ3v) is 4.88. The van der Waals surface area contributed by atoms with Crippen molar-refractivity contribution < 1.29 is 4.39 Å². The number of anilines is 1. The molecule has 4 nitrogen and oxygen atoms in total. The van der Waals surface area contributed by atoms with Crippen LogP contribution in [0.4, 0.5) is 10.2 Å². The molecule has 0 bridgehead atoms. The molecule has 2 aromatic carbocycles. The average molecular weight is 409 g/mol. The van der Waals surface area contributed by atoms with E-state index in [2.05, 4.69) is 30.9 Å². The molecule has 0 radical (unpaired) electrons. The number of nitrogens with two attached hydrogens (primary N) is 1. The molecule has 0 amide bonds. The van der Waals surface area contributed by atoms with Gasteiger partial charge in [0.05, 0.1) is 15.7 Å². The summed E-state index contributed by atoms with van der Waals surface area (Å²) in [6.45, 7) is 1.94. The lowest BCUT2D eigenvalue weighted by molar-refractivity contribution is 0.628. The Labute approximate surface area is 158 Å². The quantitative estimate of drug-likeness (QED) is 0.497. The van der Waals surface area contributed by atoms with Gasteiger partial charge in [-0.1, -0.05) is 18.2 Å². The average Bonchev–Trinajstić information content (AvgIpc) is 2.64. The number of fused-ring (bicyclic) bond motifs is 1. The van der Waals surface area contributed by atoms with Gasteiger partial charge >= 0.3 is 0 Å². The summed E-state index contributed by atoms with van der Waals surface area (Å²) >= 11 is 3.44. The largest absolute Gasteiger partial charge is 0.383 e. The SMILES string of the molecule is Cc1ncnc2ccc(-c3cc(Br)c(N)nc3-c3cccc(F)c3)cc12. The fourth-order valence-corrected chi connectivity index (χ4v) is 3.25. The molecular weight excluding hydrogens is 395 g/mol. The molecule has 6 heteroatoms. The first-order chi connectivity index (χ1) is 12.5. The predicted molar refractivity (Wildman–Crippen MR) is 105 cm³/mol. The number of halogens is 2. The highest BCUT2D eigenvalue weighted by Gasteiger charge is 2.14. The summed E-state index contributed by atoms with van der Waals surface area (Å²) in [7, 11) is 0. The van der Waals surface area contributed by atoms with E-state index in [0.29, 0.717) is 21.5 Å². The smallest absolute Gasteiger partial charge is 0.138 e. The standard InChI is InChI=1S/C20H14BrFN4/c1-11-15-8-12(5-6-18(15)25-10-24-11)16-9-17(21)20(23)26-19(16)13-3-2-4-14(22)7-13/h2-10H,1H3,(H2,23,26). The van der Waals surface area contributed by atoms with Crippen molar-refractivity contribution >= 4 is 32.7 Å². The highest BCUT2D eigenvalue weighted by Crippen LogP contribution is 2.36. The summed E-state index contributed by atoms with van der Waals surface area (Å²) in [5, 5.41) is 0.961. The zero-order chi connectivity index (χ0) is 18.3. The normalized spacial score (nSPS) is 11.0. The molecule has 0 atom stereocenters. The maximum atomic E-state index is 13.7. The highest BCUT2D eigenvalue weighted by atomic mass is 79.9. The van der Waals surface area contributed by atoms with Crippen LogP contribution in [0.5, 0.6) is 0 Å². The van der Waals surface area contributed by atoms with Crippen LogP contribution in [0.1, 0.15) is 5.69 Å². The van der Waals surface area contributed by atoms with Crippen molar-refractivity contribution in [1.29, 1.82) is 0 Å². The molecule has 0 aliphatic carbocycles. The fraction of sp³-hybridized carbons (Fsp3) is 0.0500. The van der Waals surface area contributed by atoms with Crippen LogP contribution >= 0.6 is 15.9 Å². The first-order valence-electron chi connectivity index (χ1n) is 7.96. The van der Waals surface area contributed by atoms with E-state index in [0.717, 1.165) is 27.7 Å². The Morgan fingerprint density at radius 1 is 1.00 bits per heavy atom. The van der Waals surface area contributed by atoms with Gasteiger partial charge in [0, 0.05) is 22.2 Å². The number of pyridine rings is 1. The van der Waals surface area contributed by atoms with E-state index in [-0.39, 0.29) is 5.82 Å². The van der Waals surface area contributed by atoms with Crippen LogP contribution in [0.2, 0.25) is 0 Å². The summed E-state index contributed by atoms with van der Waals surface area (Å²) < 4.78 is 14.4. The molecule has 2 aromatic heterocycles. The van der Waals surface area contributed by atoms with Crippen molar-refractivity contribution in [2.24, 2.45) is 0 Å². The van der Waals surface area contributed by atoms with Crippen LogP contribution in [0.15, 0.2) is 59.3 Å². The summed E-state index contributed by atoms with van der Waals surface area (Å²) in [4.78, 5) is 13.1. The van der Waals surface area contributed by atoms with Gasteiger partial charge in [-0.25, -0.2) is 19.3 Å². The Morgan fingerprint density at radius 2 is 1.85 bits per heavy atom. The molecule has 0 saturated carbocycles. The maximum absolute atomic E-state index is 13.7. The van der Waals surface area contributed by atoms with E-state index in [1.807, 2.05) is 37.3 Å². The van der Waals surface area contributed by atoms with Crippen LogP contribution in [0.25, 0.3) is 33.3 Å². The van der Waals surface area contributed by atoms with E-state index in [1.54, 1.807) is 12.4 Å². The molecule has 2 N–H and O–H groups in total. The Hall–Kier alpha value is -2.86. The Kier molecular flexibility index (Phi) is 4.12. The van der Waals surface area contributed by atoms with Gasteiger partial charge in [0.1, 0.15) is 18.0 Å². The van der Waals surface area contributed by atoms with Crippen LogP contribution in [0, 0.1) is 12.7 Å². The minimum absolute atomic E-state index is 0.320. The first-order valence-corrected chi connectivity index (χ1v) is 8.76. The van der Waals surface area contributed by atoms with E-state index < -0.39 is 0 Å². The molecule has 0 aliphatic rings. The molecule has 0 saturated heterocycles. The summed E-state index contributed by atoms with van der Waals surface area (Å²) in [5.41, 5.74) is 10.8. The summed E-state index contributed by atoms with van der Waals surface area (Å²) in [6.07, 6.45) is 1.55. The Bertz CT molecular complexity index is 1140. The molecule has 26 heavy (non-hydrogen) atoms. The van der Waals surface area contributed by atoms with Crippen molar-refractivity contribution in [2.75, 3.05) is 5.73 Å². The van der Waals surface area contributed by atoms with Crippen molar-refractivity contribution in [1.82, 2.24) is 15.0 Å². The van der Waals surface area contributed by atoms with Crippen molar-refractivity contribution in [3.05, 3.63) is 70.8 Å². The number of nitrogens with zero attached hydrogens (tertiary/aromatic N) is 3. The Morgan fingerprint density at radius 3 is 2.65 bits per heavy atom. The van der Waals surface area contributed by atoms with Crippen molar-refractivity contribution in [3.8, 4) is 22.4 Å². The van der Waals surface area contributed by atoms with E-state index in [4.69, 9.17) is 5.73 Å². The van der Waals surface area contributed by atoms with Crippen molar-refractivity contribution in [3.63, 3.8) is 0 Å². The van der Waals surface area contributed by atoms with Gasteiger partial charge in [-0.2, -0.15) is 0 Å². The molecule has 128 valence electrons. The fourth-order valence-electron chi connectivity index (χ4n) is 2.93. The monoisotopic (exact) mass is 408 g/mol. The zero-order valence-electron chi connectivity index (χ0n) is 13.9. The lowest BCUT2D eigenvalue weighted by Gasteiger charge is -2.13. The number of hydrogen-bond donors (Lipinski definition) is 1. The minimum Gasteiger partial charge on any atom is -0.383 e. The van der Waals surface area contributed by atoms with Gasteiger partial charge in [0.25, 0.3) is 0 Å². The molecule has 2 heterocycles. The zero-order valence-corrected chi connectivity index (χ0v) is 15.5. The summed E-state index contributed by atoms with van der Waals surface area (Å²) in [6, 6.07) is 14.2. The second-order valence-corrected chi connectivity index (χ2v) is 6.81. The third kappa shape index (κ3) is 2.93. The van der Waals surface area contributed by atoms with Crippen molar-refractivity contribution in [2.45, 2.75) is 6.92 Å². The molecule has 0 spiro atoms. The number of aryl methyl sites for hydroxylation is 1. The number of aromatic nitrogens is 3. The van der Waals surface area contributed by atoms with Gasteiger partial charge in [-0.05, 0) is 58.7 Å². The van der Waals surface area contributed by atoms with E-state index in [1.165, 1.54) is 12.1 Å². The number of rotatable bonds is 2. The van der Waals surface area contributed by atoms with Crippen LogP contribution < -0.4 is 5.73 Å². The minimum atomic E-state index is -0.320.